The monoisotopic (exact) mass is 442 g/mol. The molecule has 2 aromatic rings. The van der Waals surface area contributed by atoms with Gasteiger partial charge in [0.1, 0.15) is 10.6 Å². The van der Waals surface area contributed by atoms with Gasteiger partial charge in [0.15, 0.2) is 6.79 Å². The van der Waals surface area contributed by atoms with Crippen molar-refractivity contribution < 1.29 is 22.6 Å². The molecule has 1 aromatic heterocycles. The van der Waals surface area contributed by atoms with E-state index in [0.29, 0.717) is 43.7 Å². The highest BCUT2D eigenvalue weighted by Crippen LogP contribution is 2.35. The summed E-state index contributed by atoms with van der Waals surface area (Å²) in [5.41, 5.74) is 1.89. The summed E-state index contributed by atoms with van der Waals surface area (Å²) in [6.07, 6.45) is 1.41. The smallest absolute Gasteiger partial charge is 0.244 e. The predicted octanol–water partition coefficient (Wildman–Crippen LogP) is 2.91. The van der Waals surface area contributed by atoms with Gasteiger partial charge in [0.2, 0.25) is 10.0 Å². The fraction of sp³-hybridized carbons (Fsp3) is 0.389. The second-order valence-corrected chi connectivity index (χ2v) is 9.67. The van der Waals surface area contributed by atoms with Crippen molar-refractivity contribution in [2.24, 2.45) is 0 Å². The second kappa shape index (κ2) is 8.56. The molecule has 10 heteroatoms. The van der Waals surface area contributed by atoms with Crippen molar-refractivity contribution in [3.8, 4) is 5.75 Å². The van der Waals surface area contributed by atoms with E-state index in [1.807, 2.05) is 12.1 Å². The normalized spacial score (nSPS) is 17.8. The standard InChI is InChI=1S/C18H19ClN2O5S2/c19-15-7-13-10-25-12-26-18(13)14(8-15)11-27-17-2-1-16(9-20-17)28(22,23)21-3-5-24-6-4-21/h1-2,7-9H,3-6,10-12H2. The molecular weight excluding hydrogens is 424 g/mol. The Bertz CT molecular complexity index is 947. The number of sulfonamides is 1. The van der Waals surface area contributed by atoms with Gasteiger partial charge >= 0.3 is 0 Å². The first kappa shape index (κ1) is 19.9. The van der Waals surface area contributed by atoms with Crippen LogP contribution in [0.15, 0.2) is 40.4 Å². The summed E-state index contributed by atoms with van der Waals surface area (Å²) in [7, 11) is -3.53. The lowest BCUT2D eigenvalue weighted by Crippen LogP contribution is -2.40. The van der Waals surface area contributed by atoms with Crippen LogP contribution < -0.4 is 4.74 Å². The Kier molecular flexibility index (Phi) is 6.10. The third kappa shape index (κ3) is 4.29. The molecule has 7 nitrogen and oxygen atoms in total. The molecule has 0 aliphatic carbocycles. The Labute approximate surface area is 173 Å². The average Bonchev–Trinajstić information content (AvgIpc) is 2.73. The lowest BCUT2D eigenvalue weighted by atomic mass is 10.1. The number of morpholine rings is 1. The molecule has 0 N–H and O–H groups in total. The third-order valence-corrected chi connectivity index (χ3v) is 7.54. The zero-order chi connectivity index (χ0) is 19.6. The van der Waals surface area contributed by atoms with Crippen LogP contribution in [0.3, 0.4) is 0 Å². The Hall–Kier alpha value is -1.36. The Morgan fingerprint density at radius 2 is 2.00 bits per heavy atom. The molecule has 1 aromatic carbocycles. The molecule has 1 fully saturated rings. The van der Waals surface area contributed by atoms with Crippen molar-refractivity contribution in [3.05, 3.63) is 46.6 Å². The topological polar surface area (TPSA) is 78.0 Å². The van der Waals surface area contributed by atoms with Gasteiger partial charge in [-0.2, -0.15) is 4.31 Å². The van der Waals surface area contributed by atoms with Gasteiger partial charge in [-0.3, -0.25) is 0 Å². The summed E-state index contributed by atoms with van der Waals surface area (Å²) in [6, 6.07) is 7.03. The van der Waals surface area contributed by atoms with Crippen molar-refractivity contribution in [1.82, 2.24) is 9.29 Å². The SMILES string of the molecule is O=S(=O)(c1ccc(SCc2cc(Cl)cc3c2OCOC3)nc1)N1CCOCC1. The van der Waals surface area contributed by atoms with Crippen molar-refractivity contribution in [1.29, 1.82) is 0 Å². The first-order valence-electron chi connectivity index (χ1n) is 8.72. The fourth-order valence-corrected chi connectivity index (χ4v) is 5.48. The number of aromatic nitrogens is 1. The predicted molar refractivity (Wildman–Crippen MR) is 105 cm³/mol. The number of hydrogen-bond acceptors (Lipinski definition) is 7. The highest BCUT2D eigenvalue weighted by molar-refractivity contribution is 7.98. The van der Waals surface area contributed by atoms with E-state index in [0.717, 1.165) is 21.9 Å². The molecule has 0 spiro atoms. The minimum absolute atomic E-state index is 0.194. The van der Waals surface area contributed by atoms with E-state index in [2.05, 4.69) is 4.98 Å². The lowest BCUT2D eigenvalue weighted by molar-refractivity contribution is -0.0168. The van der Waals surface area contributed by atoms with Gasteiger partial charge in [-0.25, -0.2) is 13.4 Å². The minimum atomic E-state index is -3.53. The summed E-state index contributed by atoms with van der Waals surface area (Å²) in [5.74, 6) is 1.40. The molecule has 150 valence electrons. The number of nitrogens with zero attached hydrogens (tertiary/aromatic N) is 2. The van der Waals surface area contributed by atoms with Gasteiger partial charge in [-0.1, -0.05) is 11.6 Å². The van der Waals surface area contributed by atoms with E-state index >= 15 is 0 Å². The van der Waals surface area contributed by atoms with Crippen molar-refractivity contribution in [3.63, 3.8) is 0 Å². The number of benzene rings is 1. The average molecular weight is 443 g/mol. The fourth-order valence-electron chi connectivity index (χ4n) is 3.06. The maximum absolute atomic E-state index is 12.7. The molecule has 4 rings (SSSR count). The summed E-state index contributed by atoms with van der Waals surface area (Å²) >= 11 is 7.68. The van der Waals surface area contributed by atoms with E-state index in [9.17, 15) is 8.42 Å². The van der Waals surface area contributed by atoms with Gasteiger partial charge in [0, 0.05) is 41.2 Å². The third-order valence-electron chi connectivity index (χ3n) is 4.44. The molecule has 1 saturated heterocycles. The molecule has 0 unspecified atom stereocenters. The first-order chi connectivity index (χ1) is 13.5. The number of thioether (sulfide) groups is 1. The molecule has 0 radical (unpaired) electrons. The maximum atomic E-state index is 12.7. The number of pyridine rings is 1. The van der Waals surface area contributed by atoms with E-state index in [1.165, 1.54) is 22.3 Å². The van der Waals surface area contributed by atoms with E-state index in [4.69, 9.17) is 25.8 Å². The number of halogens is 1. The van der Waals surface area contributed by atoms with E-state index in [-0.39, 0.29) is 11.7 Å². The molecule has 3 heterocycles. The van der Waals surface area contributed by atoms with Gasteiger partial charge < -0.3 is 14.2 Å². The van der Waals surface area contributed by atoms with Crippen LogP contribution >= 0.6 is 23.4 Å². The summed E-state index contributed by atoms with van der Waals surface area (Å²) in [5, 5.41) is 1.35. The minimum Gasteiger partial charge on any atom is -0.467 e. The molecular formula is C18H19ClN2O5S2. The summed E-state index contributed by atoms with van der Waals surface area (Å²) in [4.78, 5) is 4.51. The highest BCUT2D eigenvalue weighted by Gasteiger charge is 2.26. The molecule has 28 heavy (non-hydrogen) atoms. The van der Waals surface area contributed by atoms with Crippen LogP contribution in [0, 0.1) is 0 Å². The van der Waals surface area contributed by atoms with Gasteiger partial charge in [-0.05, 0) is 24.3 Å². The van der Waals surface area contributed by atoms with Crippen LogP contribution in [0.5, 0.6) is 5.75 Å². The van der Waals surface area contributed by atoms with Crippen LogP contribution in [0.25, 0.3) is 0 Å². The zero-order valence-corrected chi connectivity index (χ0v) is 17.4. The molecule has 2 aliphatic heterocycles. The Balaban J connectivity index is 1.46. The van der Waals surface area contributed by atoms with Gasteiger partial charge in [-0.15, -0.1) is 11.8 Å². The quantitative estimate of drug-likeness (QED) is 0.659. The maximum Gasteiger partial charge on any atom is 0.244 e. The first-order valence-corrected chi connectivity index (χ1v) is 11.5. The molecule has 2 aliphatic rings. The molecule has 0 atom stereocenters. The van der Waals surface area contributed by atoms with Crippen molar-refractivity contribution in [2.45, 2.75) is 22.3 Å². The summed E-state index contributed by atoms with van der Waals surface area (Å²) in [6.45, 7) is 2.25. The van der Waals surface area contributed by atoms with Crippen LogP contribution in [-0.4, -0.2) is 50.8 Å². The van der Waals surface area contributed by atoms with Crippen LogP contribution in [0.2, 0.25) is 5.02 Å². The van der Waals surface area contributed by atoms with Gasteiger partial charge in [0.05, 0.1) is 24.8 Å². The lowest BCUT2D eigenvalue weighted by Gasteiger charge is -2.25. The second-order valence-electron chi connectivity index (χ2n) is 6.30. The summed E-state index contributed by atoms with van der Waals surface area (Å²) < 4.78 is 42.9. The van der Waals surface area contributed by atoms with Crippen molar-refractivity contribution >= 4 is 33.4 Å². The van der Waals surface area contributed by atoms with Crippen LogP contribution in [0.1, 0.15) is 11.1 Å². The van der Waals surface area contributed by atoms with Crippen LogP contribution in [0.4, 0.5) is 0 Å². The Morgan fingerprint density at radius 1 is 1.18 bits per heavy atom. The van der Waals surface area contributed by atoms with E-state index in [1.54, 1.807) is 12.1 Å². The number of fused-ring (bicyclic) bond motifs is 1. The number of rotatable bonds is 5. The molecule has 0 amide bonds. The number of ether oxygens (including phenoxy) is 3. The molecule has 0 saturated carbocycles. The number of hydrogen-bond donors (Lipinski definition) is 0. The Morgan fingerprint density at radius 3 is 2.75 bits per heavy atom. The largest absolute Gasteiger partial charge is 0.467 e. The van der Waals surface area contributed by atoms with Gasteiger partial charge in [0.25, 0.3) is 0 Å². The zero-order valence-electron chi connectivity index (χ0n) is 15.0. The molecule has 0 bridgehead atoms. The van der Waals surface area contributed by atoms with Crippen LogP contribution in [-0.2, 0) is 31.9 Å². The van der Waals surface area contributed by atoms with E-state index < -0.39 is 10.0 Å². The van der Waals surface area contributed by atoms with Crippen molar-refractivity contribution in [2.75, 3.05) is 33.1 Å². The highest BCUT2D eigenvalue weighted by atomic mass is 35.5.